The molecule has 6 heteroatoms. The minimum absolute atomic E-state index is 0.107. The van der Waals surface area contributed by atoms with Crippen molar-refractivity contribution in [1.82, 2.24) is 4.72 Å². The van der Waals surface area contributed by atoms with E-state index in [2.05, 4.69) is 4.72 Å². The average molecular weight is 253 g/mol. The highest BCUT2D eigenvalue weighted by atomic mass is 32.2. The van der Waals surface area contributed by atoms with Crippen LogP contribution in [0.15, 0.2) is 0 Å². The van der Waals surface area contributed by atoms with E-state index >= 15 is 0 Å². The summed E-state index contributed by atoms with van der Waals surface area (Å²) in [6.45, 7) is 8.57. The Hall–Kier alpha value is -0.170. The monoisotopic (exact) mass is 253 g/mol. The molecule has 0 aliphatic carbocycles. The maximum atomic E-state index is 11.5. The lowest BCUT2D eigenvalue weighted by atomic mass is 10.3. The Bertz CT molecular complexity index is 258. The van der Waals surface area contributed by atoms with Gasteiger partial charge in [-0.25, -0.2) is 13.1 Å². The molecule has 0 aliphatic rings. The molecule has 0 spiro atoms. The zero-order chi connectivity index (χ0) is 12.6. The van der Waals surface area contributed by atoms with Crippen LogP contribution in [0.3, 0.4) is 0 Å². The summed E-state index contributed by atoms with van der Waals surface area (Å²) in [5.41, 5.74) is 0. The van der Waals surface area contributed by atoms with Gasteiger partial charge in [0.2, 0.25) is 10.0 Å². The van der Waals surface area contributed by atoms with Crippen molar-refractivity contribution in [3.63, 3.8) is 0 Å². The first-order valence-electron chi connectivity index (χ1n) is 5.61. The van der Waals surface area contributed by atoms with E-state index in [-0.39, 0.29) is 18.2 Å². The molecule has 0 aromatic heterocycles. The lowest BCUT2D eigenvalue weighted by molar-refractivity contribution is -0.130. The van der Waals surface area contributed by atoms with E-state index in [1.807, 2.05) is 27.7 Å². The summed E-state index contributed by atoms with van der Waals surface area (Å²) in [6, 6.07) is 0. The minimum atomic E-state index is -3.22. The van der Waals surface area contributed by atoms with E-state index < -0.39 is 16.3 Å². The Balaban J connectivity index is 4.08. The normalized spacial score (nSPS) is 12.6. The Morgan fingerprint density at radius 1 is 1.12 bits per heavy atom. The van der Waals surface area contributed by atoms with E-state index in [0.717, 1.165) is 0 Å². The van der Waals surface area contributed by atoms with E-state index in [0.29, 0.717) is 13.2 Å². The van der Waals surface area contributed by atoms with Gasteiger partial charge >= 0.3 is 0 Å². The fourth-order valence-electron chi connectivity index (χ4n) is 1.23. The van der Waals surface area contributed by atoms with Crippen LogP contribution in [-0.4, -0.2) is 40.2 Å². The number of ether oxygens (including phenoxy) is 2. The smallest absolute Gasteiger partial charge is 0.212 e. The molecular weight excluding hydrogens is 230 g/mol. The van der Waals surface area contributed by atoms with Crippen LogP contribution in [0.1, 0.15) is 27.7 Å². The third-order valence-corrected chi connectivity index (χ3v) is 3.44. The molecule has 0 saturated heterocycles. The van der Waals surface area contributed by atoms with Gasteiger partial charge in [0, 0.05) is 13.2 Å². The molecule has 0 aliphatic heterocycles. The molecule has 0 heterocycles. The van der Waals surface area contributed by atoms with Crippen LogP contribution < -0.4 is 4.72 Å². The van der Waals surface area contributed by atoms with Crippen LogP contribution in [0, 0.1) is 5.92 Å². The molecule has 16 heavy (non-hydrogen) atoms. The van der Waals surface area contributed by atoms with Crippen LogP contribution in [0.4, 0.5) is 0 Å². The van der Waals surface area contributed by atoms with Gasteiger partial charge in [-0.05, 0) is 19.8 Å². The first-order chi connectivity index (χ1) is 7.41. The Morgan fingerprint density at radius 2 is 1.62 bits per heavy atom. The number of hydrogen-bond acceptors (Lipinski definition) is 4. The van der Waals surface area contributed by atoms with Gasteiger partial charge in [-0.1, -0.05) is 13.8 Å². The first-order valence-corrected chi connectivity index (χ1v) is 7.27. The third kappa shape index (κ3) is 8.04. The lowest BCUT2D eigenvalue weighted by Gasteiger charge is -2.17. The van der Waals surface area contributed by atoms with Crippen molar-refractivity contribution in [2.75, 3.05) is 25.5 Å². The summed E-state index contributed by atoms with van der Waals surface area (Å²) >= 11 is 0. The van der Waals surface area contributed by atoms with Crippen molar-refractivity contribution in [2.24, 2.45) is 5.92 Å². The number of hydrogen-bond donors (Lipinski definition) is 1. The highest BCUT2D eigenvalue weighted by Crippen LogP contribution is 1.99. The van der Waals surface area contributed by atoms with Crippen LogP contribution in [0.2, 0.25) is 0 Å². The van der Waals surface area contributed by atoms with Gasteiger partial charge in [-0.3, -0.25) is 0 Å². The number of sulfonamides is 1. The van der Waals surface area contributed by atoms with Gasteiger partial charge in [-0.2, -0.15) is 0 Å². The van der Waals surface area contributed by atoms with Gasteiger partial charge in [0.1, 0.15) is 0 Å². The van der Waals surface area contributed by atoms with Crippen molar-refractivity contribution < 1.29 is 17.9 Å². The van der Waals surface area contributed by atoms with Gasteiger partial charge in [0.25, 0.3) is 0 Å². The molecule has 0 amide bonds. The average Bonchev–Trinajstić information content (AvgIpc) is 2.13. The summed E-state index contributed by atoms with van der Waals surface area (Å²) in [6.07, 6.45) is -0.503. The summed E-state index contributed by atoms with van der Waals surface area (Å²) in [5.74, 6) is 0.230. The van der Waals surface area contributed by atoms with Crippen molar-refractivity contribution in [3.05, 3.63) is 0 Å². The maximum absolute atomic E-state index is 11.5. The number of nitrogens with one attached hydrogen (secondary N) is 1. The van der Waals surface area contributed by atoms with Gasteiger partial charge in [0.15, 0.2) is 6.29 Å². The minimum Gasteiger partial charge on any atom is -0.352 e. The molecule has 0 radical (unpaired) electrons. The van der Waals surface area contributed by atoms with Gasteiger partial charge in [0.05, 0.1) is 12.3 Å². The van der Waals surface area contributed by atoms with Crippen molar-refractivity contribution in [3.8, 4) is 0 Å². The van der Waals surface area contributed by atoms with E-state index in [1.165, 1.54) is 0 Å². The summed E-state index contributed by atoms with van der Waals surface area (Å²) in [7, 11) is -3.22. The molecule has 0 rings (SSSR count). The van der Waals surface area contributed by atoms with E-state index in [1.54, 1.807) is 0 Å². The topological polar surface area (TPSA) is 64.6 Å². The Kier molecular flexibility index (Phi) is 7.91. The molecule has 98 valence electrons. The summed E-state index contributed by atoms with van der Waals surface area (Å²) in [5, 5.41) is 0. The molecule has 0 saturated carbocycles. The van der Waals surface area contributed by atoms with Crippen LogP contribution in [0.5, 0.6) is 0 Å². The molecule has 0 atom stereocenters. The van der Waals surface area contributed by atoms with E-state index in [4.69, 9.17) is 9.47 Å². The van der Waals surface area contributed by atoms with E-state index in [9.17, 15) is 8.42 Å². The standard InChI is InChI=1S/C10H23NO4S/c1-5-14-10(15-6-2)7-11-16(12,13)8-9(3)4/h9-11H,5-8H2,1-4H3. The molecule has 0 aromatic carbocycles. The van der Waals surface area contributed by atoms with Gasteiger partial charge in [-0.15, -0.1) is 0 Å². The third-order valence-electron chi connectivity index (χ3n) is 1.73. The van der Waals surface area contributed by atoms with Gasteiger partial charge < -0.3 is 9.47 Å². The second kappa shape index (κ2) is 8.00. The largest absolute Gasteiger partial charge is 0.352 e. The zero-order valence-corrected chi connectivity index (χ0v) is 11.3. The van der Waals surface area contributed by atoms with Crippen molar-refractivity contribution in [2.45, 2.75) is 34.0 Å². The Labute approximate surface area is 98.6 Å². The van der Waals surface area contributed by atoms with Crippen LogP contribution in [-0.2, 0) is 19.5 Å². The number of rotatable bonds is 9. The molecule has 0 aromatic rings. The maximum Gasteiger partial charge on any atom is 0.212 e. The summed E-state index contributed by atoms with van der Waals surface area (Å²) in [4.78, 5) is 0. The Morgan fingerprint density at radius 3 is 2.00 bits per heavy atom. The van der Waals surface area contributed by atoms with Crippen molar-refractivity contribution >= 4 is 10.0 Å². The fraction of sp³-hybridized carbons (Fsp3) is 1.00. The first kappa shape index (κ1) is 15.8. The predicted octanol–water partition coefficient (Wildman–Crippen LogP) is 0.961. The fourth-order valence-corrected chi connectivity index (χ4v) is 2.62. The molecule has 0 unspecified atom stereocenters. The SMILES string of the molecule is CCOC(CNS(=O)(=O)CC(C)C)OCC. The molecule has 5 nitrogen and oxygen atoms in total. The molecule has 0 bridgehead atoms. The second-order valence-electron chi connectivity index (χ2n) is 3.86. The molecule has 0 fully saturated rings. The zero-order valence-electron chi connectivity index (χ0n) is 10.5. The van der Waals surface area contributed by atoms with Crippen molar-refractivity contribution in [1.29, 1.82) is 0 Å². The molecule has 1 N–H and O–H groups in total. The second-order valence-corrected chi connectivity index (χ2v) is 5.72. The lowest BCUT2D eigenvalue weighted by Crippen LogP contribution is -2.37. The highest BCUT2D eigenvalue weighted by Gasteiger charge is 2.16. The van der Waals surface area contributed by atoms with Crippen LogP contribution >= 0.6 is 0 Å². The predicted molar refractivity (Wildman–Crippen MR) is 63.7 cm³/mol. The molecular formula is C10H23NO4S. The summed E-state index contributed by atoms with van der Waals surface area (Å²) < 4.78 is 36.0. The highest BCUT2D eigenvalue weighted by molar-refractivity contribution is 7.89. The van der Waals surface area contributed by atoms with Crippen LogP contribution in [0.25, 0.3) is 0 Å². The quantitative estimate of drug-likeness (QED) is 0.622.